The molecule has 0 saturated carbocycles. The third-order valence-electron chi connectivity index (χ3n) is 4.89. The van der Waals surface area contributed by atoms with Crippen molar-refractivity contribution >= 4 is 0 Å². The zero-order chi connectivity index (χ0) is 15.0. The van der Waals surface area contributed by atoms with E-state index >= 15 is 0 Å². The van der Waals surface area contributed by atoms with E-state index in [9.17, 15) is 4.39 Å². The first kappa shape index (κ1) is 14.9. The molecule has 2 aliphatic heterocycles. The summed E-state index contributed by atoms with van der Waals surface area (Å²) in [5.41, 5.74) is 2.72. The van der Waals surface area contributed by atoms with Crippen molar-refractivity contribution in [2.24, 2.45) is 0 Å². The standard InChI is InChI=1S/C17H25FN2O/c1-11-7-12(2)16(14(18)8-11)17(19-3)15-9-20-6-4-5-13(20)10-21-15/h7-8,13,15,17,19H,4-6,9-10H2,1-3H3. The van der Waals surface area contributed by atoms with Crippen LogP contribution < -0.4 is 5.32 Å². The van der Waals surface area contributed by atoms with E-state index < -0.39 is 0 Å². The third kappa shape index (κ3) is 2.85. The van der Waals surface area contributed by atoms with Crippen LogP contribution in [0, 0.1) is 19.7 Å². The highest BCUT2D eigenvalue weighted by molar-refractivity contribution is 5.35. The number of nitrogens with one attached hydrogen (secondary N) is 1. The molecule has 1 N–H and O–H groups in total. The normalized spacial score (nSPS) is 27.6. The summed E-state index contributed by atoms with van der Waals surface area (Å²) in [6, 6.07) is 4.15. The van der Waals surface area contributed by atoms with Crippen molar-refractivity contribution in [2.45, 2.75) is 44.9 Å². The summed E-state index contributed by atoms with van der Waals surface area (Å²) in [6.45, 7) is 6.73. The topological polar surface area (TPSA) is 24.5 Å². The molecule has 1 aromatic rings. The predicted molar refractivity (Wildman–Crippen MR) is 82.0 cm³/mol. The Hall–Kier alpha value is -0.970. The Morgan fingerprint density at radius 3 is 2.90 bits per heavy atom. The van der Waals surface area contributed by atoms with E-state index in [4.69, 9.17) is 4.74 Å². The number of hydrogen-bond donors (Lipinski definition) is 1. The van der Waals surface area contributed by atoms with Crippen LogP contribution in [0.1, 0.15) is 35.6 Å². The molecule has 0 aliphatic carbocycles. The molecule has 1 aromatic carbocycles. The van der Waals surface area contributed by atoms with Crippen LogP contribution in [0.2, 0.25) is 0 Å². The molecule has 2 heterocycles. The highest BCUT2D eigenvalue weighted by Gasteiger charge is 2.37. The SMILES string of the molecule is CNC(c1c(C)cc(C)cc1F)C1CN2CCCC2CO1. The lowest BCUT2D eigenvalue weighted by atomic mass is 9.93. The van der Waals surface area contributed by atoms with Crippen LogP contribution in [0.3, 0.4) is 0 Å². The number of benzene rings is 1. The van der Waals surface area contributed by atoms with Crippen LogP contribution in [-0.4, -0.2) is 43.8 Å². The number of aryl methyl sites for hydroxylation is 2. The largest absolute Gasteiger partial charge is 0.373 e. The van der Waals surface area contributed by atoms with E-state index in [1.807, 2.05) is 27.0 Å². The minimum absolute atomic E-state index is 0.0141. The summed E-state index contributed by atoms with van der Waals surface area (Å²) >= 11 is 0. The second-order valence-electron chi connectivity index (χ2n) is 6.41. The Kier molecular flexibility index (Phi) is 4.29. The first-order valence-electron chi connectivity index (χ1n) is 7.89. The van der Waals surface area contributed by atoms with Crippen molar-refractivity contribution in [1.29, 1.82) is 0 Å². The summed E-state index contributed by atoms with van der Waals surface area (Å²) < 4.78 is 20.5. The van der Waals surface area contributed by atoms with Gasteiger partial charge in [0.15, 0.2) is 0 Å². The van der Waals surface area contributed by atoms with Gasteiger partial charge in [0.25, 0.3) is 0 Å². The first-order valence-corrected chi connectivity index (χ1v) is 7.89. The molecular weight excluding hydrogens is 267 g/mol. The van der Waals surface area contributed by atoms with Crippen molar-refractivity contribution in [3.63, 3.8) is 0 Å². The molecule has 3 atom stereocenters. The van der Waals surface area contributed by atoms with Gasteiger partial charge in [-0.25, -0.2) is 4.39 Å². The van der Waals surface area contributed by atoms with Crippen molar-refractivity contribution in [1.82, 2.24) is 10.2 Å². The van der Waals surface area contributed by atoms with Gasteiger partial charge in [-0.05, 0) is 57.5 Å². The molecule has 21 heavy (non-hydrogen) atoms. The van der Waals surface area contributed by atoms with Crippen LogP contribution in [0.25, 0.3) is 0 Å². The second-order valence-corrected chi connectivity index (χ2v) is 6.41. The van der Waals surface area contributed by atoms with Crippen molar-refractivity contribution in [2.75, 3.05) is 26.7 Å². The van der Waals surface area contributed by atoms with Gasteiger partial charge in [0, 0.05) is 18.2 Å². The lowest BCUT2D eigenvalue weighted by Crippen LogP contribution is -2.50. The monoisotopic (exact) mass is 292 g/mol. The molecule has 3 nitrogen and oxygen atoms in total. The molecule has 2 saturated heterocycles. The Morgan fingerprint density at radius 2 is 2.19 bits per heavy atom. The average molecular weight is 292 g/mol. The van der Waals surface area contributed by atoms with Gasteiger partial charge >= 0.3 is 0 Å². The van der Waals surface area contributed by atoms with Gasteiger partial charge in [-0.15, -0.1) is 0 Å². The van der Waals surface area contributed by atoms with Crippen LogP contribution in [0.4, 0.5) is 4.39 Å². The molecule has 116 valence electrons. The van der Waals surface area contributed by atoms with Gasteiger partial charge in [0.1, 0.15) is 5.82 Å². The molecule has 0 spiro atoms. The molecular formula is C17H25FN2O. The summed E-state index contributed by atoms with van der Waals surface area (Å²) in [5, 5.41) is 3.28. The first-order chi connectivity index (χ1) is 10.1. The Bertz CT molecular complexity index is 497. The van der Waals surface area contributed by atoms with Gasteiger partial charge in [-0.3, -0.25) is 4.90 Å². The van der Waals surface area contributed by atoms with Crippen LogP contribution in [0.15, 0.2) is 12.1 Å². The van der Waals surface area contributed by atoms with Gasteiger partial charge in [-0.1, -0.05) is 6.07 Å². The maximum absolute atomic E-state index is 14.5. The lowest BCUT2D eigenvalue weighted by Gasteiger charge is -2.39. The molecule has 0 aromatic heterocycles. The van der Waals surface area contributed by atoms with Crippen molar-refractivity contribution < 1.29 is 9.13 Å². The second kappa shape index (κ2) is 6.03. The summed E-state index contributed by atoms with van der Waals surface area (Å²) in [6.07, 6.45) is 2.50. The Morgan fingerprint density at radius 1 is 1.38 bits per heavy atom. The number of halogens is 1. The highest BCUT2D eigenvalue weighted by Crippen LogP contribution is 2.31. The zero-order valence-electron chi connectivity index (χ0n) is 13.2. The molecule has 4 heteroatoms. The number of nitrogens with zero attached hydrogens (tertiary/aromatic N) is 1. The van der Waals surface area contributed by atoms with E-state index in [1.165, 1.54) is 12.8 Å². The maximum atomic E-state index is 14.5. The number of hydrogen-bond acceptors (Lipinski definition) is 3. The smallest absolute Gasteiger partial charge is 0.128 e. The third-order valence-corrected chi connectivity index (χ3v) is 4.89. The molecule has 3 unspecified atom stereocenters. The quantitative estimate of drug-likeness (QED) is 0.926. The summed E-state index contributed by atoms with van der Waals surface area (Å²) in [4.78, 5) is 2.50. The number of fused-ring (bicyclic) bond motifs is 1. The molecule has 2 aliphatic rings. The van der Waals surface area contributed by atoms with Crippen LogP contribution >= 0.6 is 0 Å². The maximum Gasteiger partial charge on any atom is 0.128 e. The average Bonchev–Trinajstić information content (AvgIpc) is 2.89. The fourth-order valence-corrected chi connectivity index (χ4v) is 3.88. The van der Waals surface area contributed by atoms with E-state index in [0.717, 1.165) is 36.4 Å². The van der Waals surface area contributed by atoms with Gasteiger partial charge in [-0.2, -0.15) is 0 Å². The van der Waals surface area contributed by atoms with Crippen LogP contribution in [-0.2, 0) is 4.74 Å². The van der Waals surface area contributed by atoms with E-state index in [-0.39, 0.29) is 18.0 Å². The molecule has 0 bridgehead atoms. The molecule has 2 fully saturated rings. The van der Waals surface area contributed by atoms with Crippen molar-refractivity contribution in [3.05, 3.63) is 34.6 Å². The molecule has 0 radical (unpaired) electrons. The number of ether oxygens (including phenoxy) is 1. The Balaban J connectivity index is 1.85. The van der Waals surface area contributed by atoms with Gasteiger partial charge in [0.05, 0.1) is 18.8 Å². The fourth-order valence-electron chi connectivity index (χ4n) is 3.88. The van der Waals surface area contributed by atoms with Gasteiger partial charge in [0.2, 0.25) is 0 Å². The molecule has 3 rings (SSSR count). The molecule has 0 amide bonds. The predicted octanol–water partition coefficient (Wildman–Crippen LogP) is 2.57. The minimum atomic E-state index is -0.126. The Labute approximate surface area is 126 Å². The fraction of sp³-hybridized carbons (Fsp3) is 0.647. The summed E-state index contributed by atoms with van der Waals surface area (Å²) in [5.74, 6) is -0.126. The van der Waals surface area contributed by atoms with Gasteiger partial charge < -0.3 is 10.1 Å². The minimum Gasteiger partial charge on any atom is -0.373 e. The zero-order valence-corrected chi connectivity index (χ0v) is 13.2. The van der Waals surface area contributed by atoms with E-state index in [2.05, 4.69) is 10.2 Å². The number of likely N-dealkylation sites (N-methyl/N-ethyl adjacent to an activating group) is 1. The van der Waals surface area contributed by atoms with E-state index in [1.54, 1.807) is 6.07 Å². The highest BCUT2D eigenvalue weighted by atomic mass is 19.1. The summed E-state index contributed by atoms with van der Waals surface area (Å²) in [7, 11) is 1.89. The lowest BCUT2D eigenvalue weighted by molar-refractivity contribution is -0.0648. The van der Waals surface area contributed by atoms with E-state index in [0.29, 0.717) is 6.04 Å². The van der Waals surface area contributed by atoms with Crippen LogP contribution in [0.5, 0.6) is 0 Å². The number of rotatable bonds is 3. The number of morpholine rings is 1. The van der Waals surface area contributed by atoms with Crippen molar-refractivity contribution in [3.8, 4) is 0 Å².